The van der Waals surface area contributed by atoms with Crippen LogP contribution in [0.15, 0.2) is 67.0 Å². The van der Waals surface area contributed by atoms with Crippen LogP contribution >= 0.6 is 22.9 Å². The summed E-state index contributed by atoms with van der Waals surface area (Å²) in [6.07, 6.45) is 4.06. The number of rotatable bonds is 6. The molecule has 1 N–H and O–H groups in total. The van der Waals surface area contributed by atoms with Crippen LogP contribution in [0.4, 0.5) is 11.5 Å². The lowest BCUT2D eigenvalue weighted by Crippen LogP contribution is -2.04. The number of benzene rings is 2. The number of esters is 1. The summed E-state index contributed by atoms with van der Waals surface area (Å²) >= 11 is 7.60. The first kappa shape index (κ1) is 19.7. The zero-order valence-corrected chi connectivity index (χ0v) is 16.9. The van der Waals surface area contributed by atoms with E-state index < -0.39 is 5.97 Å². The maximum Gasteiger partial charge on any atom is 0.335 e. The summed E-state index contributed by atoms with van der Waals surface area (Å²) in [6.45, 7) is 3.37. The smallest absolute Gasteiger partial charge is 0.335 e. The molecule has 0 fully saturated rings. The number of ether oxygens (including phenoxy) is 1. The molecular formula is C21H13ClN4O3S. The van der Waals surface area contributed by atoms with Gasteiger partial charge in [-0.2, -0.15) is 0 Å². The molecule has 0 aliphatic carbocycles. The number of hydrogen-bond donors (Lipinski definition) is 1. The fourth-order valence-electron chi connectivity index (χ4n) is 2.72. The number of aromatic nitrogens is 3. The normalized spacial score (nSPS) is 10.6. The summed E-state index contributed by atoms with van der Waals surface area (Å²) in [5, 5.41) is 6.32. The third-order valence-corrected chi connectivity index (χ3v) is 5.18. The summed E-state index contributed by atoms with van der Waals surface area (Å²) in [5.74, 6) is 0.112. The van der Waals surface area contributed by atoms with E-state index in [1.165, 1.54) is 17.7 Å². The average Bonchev–Trinajstić information content (AvgIpc) is 3.28. The molecule has 4 rings (SSSR count). The molecule has 30 heavy (non-hydrogen) atoms. The first-order valence-corrected chi connectivity index (χ1v) is 9.90. The van der Waals surface area contributed by atoms with Crippen molar-refractivity contribution < 1.29 is 14.3 Å². The Morgan fingerprint density at radius 3 is 2.73 bits per heavy atom. The Morgan fingerprint density at radius 2 is 2.00 bits per heavy atom. The molecule has 0 radical (unpaired) electrons. The number of halogens is 1. The maximum absolute atomic E-state index is 12.5. The molecule has 0 atom stereocenters. The molecule has 2 heterocycles. The zero-order valence-electron chi connectivity index (χ0n) is 15.3. The lowest BCUT2D eigenvalue weighted by Gasteiger charge is -2.11. The van der Waals surface area contributed by atoms with Gasteiger partial charge in [-0.3, -0.25) is 4.79 Å². The minimum Gasteiger partial charge on any atom is -0.423 e. The Balaban J connectivity index is 1.61. The van der Waals surface area contributed by atoms with Gasteiger partial charge in [0.1, 0.15) is 17.9 Å². The SMILES string of the molecule is C=CC(=O)Oc1ccc2c(Nc3ccc(C(=O)c4nccs4)c(Cl)c3)ncnc2c1. The molecule has 0 saturated heterocycles. The van der Waals surface area contributed by atoms with Gasteiger partial charge >= 0.3 is 5.97 Å². The second-order valence-electron chi connectivity index (χ2n) is 6.01. The number of nitrogens with one attached hydrogen (secondary N) is 1. The van der Waals surface area contributed by atoms with E-state index in [1.54, 1.807) is 48.0 Å². The Labute approximate surface area is 180 Å². The van der Waals surface area contributed by atoms with E-state index in [1.807, 2.05) is 0 Å². The number of hydrogen-bond acceptors (Lipinski definition) is 8. The summed E-state index contributed by atoms with van der Waals surface area (Å²) in [5.41, 5.74) is 1.61. The van der Waals surface area contributed by atoms with Crippen LogP contribution in [0.2, 0.25) is 5.02 Å². The number of carbonyl (C=O) groups is 2. The third kappa shape index (κ3) is 4.05. The van der Waals surface area contributed by atoms with Crippen molar-refractivity contribution in [2.45, 2.75) is 0 Å². The Kier molecular flexibility index (Phi) is 5.51. The largest absolute Gasteiger partial charge is 0.423 e. The topological polar surface area (TPSA) is 94.1 Å². The Morgan fingerprint density at radius 1 is 1.13 bits per heavy atom. The highest BCUT2D eigenvalue weighted by Crippen LogP contribution is 2.29. The minimum atomic E-state index is -0.552. The molecule has 4 aromatic rings. The lowest BCUT2D eigenvalue weighted by atomic mass is 10.1. The third-order valence-electron chi connectivity index (χ3n) is 4.10. The van der Waals surface area contributed by atoms with Crippen molar-refractivity contribution in [2.75, 3.05) is 5.32 Å². The number of ketones is 1. The van der Waals surface area contributed by atoms with E-state index in [4.69, 9.17) is 16.3 Å². The highest BCUT2D eigenvalue weighted by atomic mass is 35.5. The number of anilines is 2. The average molecular weight is 437 g/mol. The summed E-state index contributed by atoms with van der Waals surface area (Å²) < 4.78 is 5.12. The van der Waals surface area contributed by atoms with Crippen LogP contribution in [0.3, 0.4) is 0 Å². The molecule has 9 heteroatoms. The summed E-state index contributed by atoms with van der Waals surface area (Å²) in [6, 6.07) is 10.0. The maximum atomic E-state index is 12.5. The molecule has 0 aliphatic heterocycles. The fourth-order valence-corrected chi connectivity index (χ4v) is 3.58. The Hall–Kier alpha value is -3.62. The highest BCUT2D eigenvalue weighted by molar-refractivity contribution is 7.11. The van der Waals surface area contributed by atoms with E-state index in [0.717, 1.165) is 11.5 Å². The van der Waals surface area contributed by atoms with Gasteiger partial charge in [0, 0.05) is 40.4 Å². The van der Waals surface area contributed by atoms with Crippen molar-refractivity contribution in [3.8, 4) is 5.75 Å². The van der Waals surface area contributed by atoms with Crippen molar-refractivity contribution in [1.82, 2.24) is 15.0 Å². The number of carbonyl (C=O) groups excluding carboxylic acids is 2. The van der Waals surface area contributed by atoms with Crippen LogP contribution < -0.4 is 10.1 Å². The first-order valence-electron chi connectivity index (χ1n) is 8.65. The molecule has 0 unspecified atom stereocenters. The van der Waals surface area contributed by atoms with E-state index in [9.17, 15) is 9.59 Å². The van der Waals surface area contributed by atoms with Gasteiger partial charge in [0.15, 0.2) is 5.01 Å². The van der Waals surface area contributed by atoms with Gasteiger partial charge in [-0.25, -0.2) is 19.7 Å². The van der Waals surface area contributed by atoms with Crippen LogP contribution in [0.25, 0.3) is 10.9 Å². The van der Waals surface area contributed by atoms with Gasteiger partial charge in [0.2, 0.25) is 5.78 Å². The molecular weight excluding hydrogens is 424 g/mol. The number of fused-ring (bicyclic) bond motifs is 1. The van der Waals surface area contributed by atoms with Gasteiger partial charge in [0.25, 0.3) is 0 Å². The molecule has 0 bridgehead atoms. The van der Waals surface area contributed by atoms with Crippen LogP contribution in [-0.4, -0.2) is 26.7 Å². The molecule has 2 aromatic carbocycles. The van der Waals surface area contributed by atoms with Gasteiger partial charge in [-0.1, -0.05) is 18.2 Å². The molecule has 0 aliphatic rings. The lowest BCUT2D eigenvalue weighted by molar-refractivity contribution is -0.128. The minimum absolute atomic E-state index is 0.226. The highest BCUT2D eigenvalue weighted by Gasteiger charge is 2.16. The van der Waals surface area contributed by atoms with Crippen molar-refractivity contribution >= 4 is 57.1 Å². The van der Waals surface area contributed by atoms with Crippen LogP contribution in [0.5, 0.6) is 5.75 Å². The molecule has 0 spiro atoms. The van der Waals surface area contributed by atoms with Crippen molar-refractivity contribution in [1.29, 1.82) is 0 Å². The van der Waals surface area contributed by atoms with Gasteiger partial charge in [-0.15, -0.1) is 11.3 Å². The van der Waals surface area contributed by atoms with Crippen LogP contribution in [-0.2, 0) is 4.79 Å². The summed E-state index contributed by atoms with van der Waals surface area (Å²) in [7, 11) is 0. The van der Waals surface area contributed by atoms with Gasteiger partial charge in [-0.05, 0) is 30.3 Å². The van der Waals surface area contributed by atoms with Gasteiger partial charge in [0.05, 0.1) is 10.5 Å². The van der Waals surface area contributed by atoms with E-state index in [2.05, 4.69) is 26.8 Å². The second-order valence-corrected chi connectivity index (χ2v) is 7.31. The monoisotopic (exact) mass is 436 g/mol. The predicted molar refractivity (Wildman–Crippen MR) is 116 cm³/mol. The molecule has 2 aromatic heterocycles. The standard InChI is InChI=1S/C21H13ClN4O3S/c1-2-18(27)29-13-4-6-15-17(10-13)24-11-25-20(15)26-12-3-5-14(16(22)9-12)19(28)21-23-7-8-30-21/h2-11H,1H2,(H,24,25,26). The Bertz CT molecular complexity index is 1270. The van der Waals surface area contributed by atoms with E-state index in [-0.39, 0.29) is 5.78 Å². The number of thiazole rings is 1. The quantitative estimate of drug-likeness (QED) is 0.200. The van der Waals surface area contributed by atoms with Crippen molar-refractivity contribution in [2.24, 2.45) is 0 Å². The molecule has 0 saturated carbocycles. The van der Waals surface area contributed by atoms with Crippen LogP contribution in [0.1, 0.15) is 15.4 Å². The van der Waals surface area contributed by atoms with Crippen LogP contribution in [0, 0.1) is 0 Å². The fraction of sp³-hybridized carbons (Fsp3) is 0. The first-order chi connectivity index (χ1) is 14.5. The summed E-state index contributed by atoms with van der Waals surface area (Å²) in [4.78, 5) is 36.4. The van der Waals surface area contributed by atoms with Crippen molar-refractivity contribution in [3.63, 3.8) is 0 Å². The molecule has 7 nitrogen and oxygen atoms in total. The van der Waals surface area contributed by atoms with E-state index >= 15 is 0 Å². The second kappa shape index (κ2) is 8.40. The molecule has 148 valence electrons. The van der Waals surface area contributed by atoms with E-state index in [0.29, 0.717) is 38.4 Å². The molecule has 0 amide bonds. The van der Waals surface area contributed by atoms with Gasteiger partial charge < -0.3 is 10.1 Å². The zero-order chi connectivity index (χ0) is 21.1. The predicted octanol–water partition coefficient (Wildman–Crippen LogP) is 4.81. The number of nitrogens with zero attached hydrogens (tertiary/aromatic N) is 3. The van der Waals surface area contributed by atoms with Crippen molar-refractivity contribution in [3.05, 3.63) is 82.6 Å².